The third kappa shape index (κ3) is 3.24. The number of benzene rings is 1. The minimum Gasteiger partial charge on any atom is -0.399 e. The van der Waals surface area contributed by atoms with Crippen LogP contribution in [0.25, 0.3) is 0 Å². The van der Waals surface area contributed by atoms with Gasteiger partial charge >= 0.3 is 0 Å². The second-order valence-corrected chi connectivity index (χ2v) is 7.39. The molecule has 0 radical (unpaired) electrons. The van der Waals surface area contributed by atoms with Crippen LogP contribution in [0.5, 0.6) is 0 Å². The second-order valence-electron chi connectivity index (χ2n) is 5.30. The first-order valence-electron chi connectivity index (χ1n) is 6.58. The molecule has 1 aromatic carbocycles. The van der Waals surface area contributed by atoms with Crippen molar-refractivity contribution >= 4 is 27.3 Å². The van der Waals surface area contributed by atoms with Crippen molar-refractivity contribution in [2.24, 2.45) is 5.92 Å². The Bertz CT molecular complexity index is 607. The summed E-state index contributed by atoms with van der Waals surface area (Å²) in [5, 5.41) is -0.290. The molecule has 3 N–H and O–H groups in total. The van der Waals surface area contributed by atoms with Gasteiger partial charge in [-0.1, -0.05) is 31.4 Å². The van der Waals surface area contributed by atoms with Crippen molar-refractivity contribution in [3.63, 3.8) is 0 Å². The number of nitrogen functional groups attached to an aromatic ring is 1. The van der Waals surface area contributed by atoms with Crippen LogP contribution in [0.3, 0.4) is 0 Å². The van der Waals surface area contributed by atoms with Gasteiger partial charge in [0, 0.05) is 11.7 Å². The zero-order valence-corrected chi connectivity index (χ0v) is 12.8. The predicted molar refractivity (Wildman–Crippen MR) is 77.6 cm³/mol. The zero-order chi connectivity index (χ0) is 14.9. The summed E-state index contributed by atoms with van der Waals surface area (Å²) >= 11 is 5.65. The lowest BCUT2D eigenvalue weighted by Crippen LogP contribution is -2.41. The van der Waals surface area contributed by atoms with E-state index in [-0.39, 0.29) is 22.7 Å². The monoisotopic (exact) mass is 320 g/mol. The number of nitrogens with one attached hydrogen (secondary N) is 1. The first-order valence-corrected chi connectivity index (χ1v) is 8.44. The van der Waals surface area contributed by atoms with Gasteiger partial charge in [0.2, 0.25) is 10.0 Å². The maximum Gasteiger partial charge on any atom is 0.243 e. The van der Waals surface area contributed by atoms with Crippen molar-refractivity contribution in [2.45, 2.75) is 43.5 Å². The van der Waals surface area contributed by atoms with Crippen molar-refractivity contribution in [1.82, 2.24) is 4.72 Å². The van der Waals surface area contributed by atoms with Crippen LogP contribution in [0.4, 0.5) is 10.1 Å². The number of halogens is 2. The van der Waals surface area contributed by atoms with E-state index in [1.807, 2.05) is 6.92 Å². The number of hydrogen-bond donors (Lipinski definition) is 2. The third-order valence-electron chi connectivity index (χ3n) is 3.72. The van der Waals surface area contributed by atoms with E-state index in [1.54, 1.807) is 0 Å². The summed E-state index contributed by atoms with van der Waals surface area (Å²) in [6.07, 6.45) is 3.79. The molecule has 20 heavy (non-hydrogen) atoms. The van der Waals surface area contributed by atoms with Crippen LogP contribution in [0.1, 0.15) is 32.6 Å². The van der Waals surface area contributed by atoms with Crippen LogP contribution in [-0.2, 0) is 10.0 Å². The lowest BCUT2D eigenvalue weighted by atomic mass is 9.87. The molecule has 0 amide bonds. The molecular formula is C13H18ClFN2O2S. The topological polar surface area (TPSA) is 72.2 Å². The van der Waals surface area contributed by atoms with Crippen molar-refractivity contribution in [3.8, 4) is 0 Å². The van der Waals surface area contributed by atoms with Gasteiger partial charge < -0.3 is 5.73 Å². The van der Waals surface area contributed by atoms with Crippen molar-refractivity contribution in [2.75, 3.05) is 5.73 Å². The molecule has 2 rings (SSSR count). The summed E-state index contributed by atoms with van der Waals surface area (Å²) in [4.78, 5) is -0.486. The number of anilines is 1. The largest absolute Gasteiger partial charge is 0.399 e. The highest BCUT2D eigenvalue weighted by molar-refractivity contribution is 7.89. The van der Waals surface area contributed by atoms with Crippen molar-refractivity contribution in [1.29, 1.82) is 0 Å². The highest BCUT2D eigenvalue weighted by atomic mass is 35.5. The van der Waals surface area contributed by atoms with Crippen molar-refractivity contribution < 1.29 is 12.8 Å². The number of hydrogen-bond acceptors (Lipinski definition) is 3. The molecule has 1 aromatic rings. The molecule has 0 aromatic heterocycles. The molecule has 0 saturated heterocycles. The third-order valence-corrected chi connectivity index (χ3v) is 5.49. The van der Waals surface area contributed by atoms with E-state index < -0.39 is 20.7 Å². The second kappa shape index (κ2) is 5.87. The normalized spacial score (nSPS) is 23.8. The summed E-state index contributed by atoms with van der Waals surface area (Å²) in [6, 6.07) is 2.12. The van der Waals surface area contributed by atoms with Gasteiger partial charge in [0.25, 0.3) is 0 Å². The molecule has 0 aliphatic heterocycles. The smallest absolute Gasteiger partial charge is 0.243 e. The molecule has 2 unspecified atom stereocenters. The molecule has 7 heteroatoms. The van der Waals surface area contributed by atoms with Gasteiger partial charge in [-0.05, 0) is 30.9 Å². The Morgan fingerprint density at radius 1 is 1.35 bits per heavy atom. The van der Waals surface area contributed by atoms with E-state index in [2.05, 4.69) is 4.72 Å². The molecule has 2 atom stereocenters. The highest BCUT2D eigenvalue weighted by Gasteiger charge is 2.29. The Morgan fingerprint density at radius 2 is 2.00 bits per heavy atom. The van der Waals surface area contributed by atoms with E-state index in [4.69, 9.17) is 17.3 Å². The van der Waals surface area contributed by atoms with E-state index in [0.29, 0.717) is 0 Å². The fraction of sp³-hybridized carbons (Fsp3) is 0.538. The average molecular weight is 321 g/mol. The first-order chi connectivity index (χ1) is 9.31. The summed E-state index contributed by atoms with van der Waals surface area (Å²) in [6.45, 7) is 2.00. The molecule has 1 aliphatic rings. The van der Waals surface area contributed by atoms with Crippen molar-refractivity contribution in [3.05, 3.63) is 23.0 Å². The van der Waals surface area contributed by atoms with Gasteiger partial charge in [0.15, 0.2) is 5.82 Å². The molecule has 1 saturated carbocycles. The van der Waals surface area contributed by atoms with Gasteiger partial charge in [-0.25, -0.2) is 17.5 Å². The van der Waals surface area contributed by atoms with E-state index in [9.17, 15) is 12.8 Å². The van der Waals surface area contributed by atoms with Gasteiger partial charge in [-0.15, -0.1) is 0 Å². The number of rotatable bonds is 3. The fourth-order valence-electron chi connectivity index (χ4n) is 2.53. The van der Waals surface area contributed by atoms with Crippen LogP contribution < -0.4 is 10.5 Å². The Balaban J connectivity index is 2.31. The maximum absolute atomic E-state index is 13.9. The Labute approximate surface area is 123 Å². The molecule has 1 aliphatic carbocycles. The molecule has 4 nitrogen and oxygen atoms in total. The van der Waals surface area contributed by atoms with E-state index in [1.165, 1.54) is 6.07 Å². The molecule has 112 valence electrons. The standard InChI is InChI=1S/C13H18ClFN2O2S/c1-8-4-2-3-5-11(8)17-20(18,19)12-7-9(16)6-10(14)13(12)15/h6-8,11,17H,2-5,16H2,1H3. The molecule has 0 spiro atoms. The van der Waals surface area contributed by atoms with E-state index >= 15 is 0 Å². The Morgan fingerprint density at radius 3 is 2.65 bits per heavy atom. The van der Waals surface area contributed by atoms with Crippen LogP contribution >= 0.6 is 11.6 Å². The Hall–Kier alpha value is -0.850. The lowest BCUT2D eigenvalue weighted by molar-refractivity contribution is 0.310. The number of nitrogens with two attached hydrogens (primary N) is 1. The summed E-state index contributed by atoms with van der Waals surface area (Å²) in [7, 11) is -3.96. The highest BCUT2D eigenvalue weighted by Crippen LogP contribution is 2.28. The number of sulfonamides is 1. The predicted octanol–water partition coefficient (Wildman–Crippen LogP) is 2.92. The maximum atomic E-state index is 13.9. The fourth-order valence-corrected chi connectivity index (χ4v) is 4.33. The molecule has 1 fully saturated rings. The van der Waals surface area contributed by atoms with Gasteiger partial charge in [0.1, 0.15) is 4.90 Å². The minimum absolute atomic E-state index is 0.119. The minimum atomic E-state index is -3.96. The van der Waals surface area contributed by atoms with Gasteiger partial charge in [0.05, 0.1) is 5.02 Å². The SMILES string of the molecule is CC1CCCCC1NS(=O)(=O)c1cc(N)cc(Cl)c1F. The molecular weight excluding hydrogens is 303 g/mol. The van der Waals surface area contributed by atoms with Crippen LogP contribution in [0, 0.1) is 11.7 Å². The van der Waals surface area contributed by atoms with Crippen LogP contribution in [0.15, 0.2) is 17.0 Å². The lowest BCUT2D eigenvalue weighted by Gasteiger charge is -2.29. The van der Waals surface area contributed by atoms with Crippen LogP contribution in [-0.4, -0.2) is 14.5 Å². The average Bonchev–Trinajstić information content (AvgIpc) is 2.36. The molecule has 0 bridgehead atoms. The quantitative estimate of drug-likeness (QED) is 0.841. The Kier molecular flexibility index (Phi) is 4.56. The summed E-state index contributed by atoms with van der Waals surface area (Å²) in [5.41, 5.74) is 5.66. The first kappa shape index (κ1) is 15.5. The molecule has 0 heterocycles. The summed E-state index contributed by atoms with van der Waals surface area (Å²) < 4.78 is 41.1. The van der Waals surface area contributed by atoms with E-state index in [0.717, 1.165) is 31.7 Å². The zero-order valence-electron chi connectivity index (χ0n) is 11.2. The summed E-state index contributed by atoms with van der Waals surface area (Å²) in [5.74, 6) is -0.727. The van der Waals surface area contributed by atoms with Gasteiger partial charge in [-0.2, -0.15) is 0 Å². The van der Waals surface area contributed by atoms with Crippen LogP contribution in [0.2, 0.25) is 5.02 Å². The van der Waals surface area contributed by atoms with Gasteiger partial charge in [-0.3, -0.25) is 0 Å².